The summed E-state index contributed by atoms with van der Waals surface area (Å²) in [6.07, 6.45) is -2.38. The van der Waals surface area contributed by atoms with Crippen LogP contribution in [0.25, 0.3) is 5.52 Å². The first-order valence-corrected chi connectivity index (χ1v) is 13.2. The lowest BCUT2D eigenvalue weighted by Crippen LogP contribution is -2.60. The molecule has 0 aromatic carbocycles. The molecule has 2 aliphatic carbocycles. The van der Waals surface area contributed by atoms with Crippen LogP contribution in [0.5, 0.6) is 0 Å². The smallest absolute Gasteiger partial charge is 0.336 e. The average molecular weight is 563 g/mol. The van der Waals surface area contributed by atoms with Gasteiger partial charge in [-0.25, -0.2) is 8.91 Å². The van der Waals surface area contributed by atoms with Gasteiger partial charge in [-0.15, -0.1) is 0 Å². The minimum atomic E-state index is -5.21. The highest BCUT2D eigenvalue weighted by molar-refractivity contribution is 5.94. The molecular formula is C27H30F4N6O3. The summed E-state index contributed by atoms with van der Waals surface area (Å²) in [5, 5.41) is 18.6. The number of nitrogens with zero attached hydrogens (tertiary/aromatic N) is 4. The van der Waals surface area contributed by atoms with Crippen LogP contribution < -0.4 is 10.6 Å². The number of pyridine rings is 1. The minimum Gasteiger partial charge on any atom is -0.336 e. The fourth-order valence-electron chi connectivity index (χ4n) is 6.88. The molecule has 2 aromatic heterocycles. The summed E-state index contributed by atoms with van der Waals surface area (Å²) < 4.78 is 55.9. The summed E-state index contributed by atoms with van der Waals surface area (Å²) in [6, 6.07) is 3.31. The van der Waals surface area contributed by atoms with E-state index in [1.54, 1.807) is 24.4 Å². The summed E-state index contributed by atoms with van der Waals surface area (Å²) in [6.45, 7) is 4.58. The molecular weight excluding hydrogens is 532 g/mol. The van der Waals surface area contributed by atoms with Crippen molar-refractivity contribution in [1.82, 2.24) is 25.1 Å². The van der Waals surface area contributed by atoms with Crippen LogP contribution in [-0.2, 0) is 14.4 Å². The van der Waals surface area contributed by atoms with Gasteiger partial charge in [-0.05, 0) is 54.1 Å². The molecule has 214 valence electrons. The molecule has 2 saturated carbocycles. The number of rotatable bonds is 5. The monoisotopic (exact) mass is 562 g/mol. The molecule has 1 aliphatic heterocycles. The molecule has 1 saturated heterocycles. The van der Waals surface area contributed by atoms with E-state index in [1.807, 2.05) is 11.4 Å². The second-order valence-corrected chi connectivity index (χ2v) is 12.1. The molecule has 3 heterocycles. The molecule has 2 bridgehead atoms. The molecule has 2 N–H and O–H groups in total. The number of hydrogen-bond acceptors (Lipinski definition) is 5. The first-order chi connectivity index (χ1) is 18.7. The Hall–Kier alpha value is -3.69. The topological polar surface area (TPSA) is 120 Å². The van der Waals surface area contributed by atoms with E-state index in [9.17, 15) is 37.2 Å². The van der Waals surface area contributed by atoms with Gasteiger partial charge in [0.1, 0.15) is 24.3 Å². The number of likely N-dealkylation sites (tertiary alicyclic amines) is 1. The number of halogens is 4. The number of nitrogens with one attached hydrogen (secondary N) is 2. The largest absolute Gasteiger partial charge is 0.471 e. The molecule has 1 unspecified atom stereocenters. The molecule has 0 spiro atoms. The zero-order chi connectivity index (χ0) is 29.1. The Kier molecular flexibility index (Phi) is 6.79. The number of carbonyl (C=O) groups is 3. The highest BCUT2D eigenvalue weighted by Crippen LogP contribution is 2.58. The molecule has 5 rings (SSSR count). The normalized spacial score (nSPS) is 29.1. The van der Waals surface area contributed by atoms with Crippen LogP contribution in [0.4, 0.5) is 17.6 Å². The lowest BCUT2D eigenvalue weighted by Gasteiger charge is -2.37. The van der Waals surface area contributed by atoms with Crippen LogP contribution >= 0.6 is 0 Å². The summed E-state index contributed by atoms with van der Waals surface area (Å²) in [7, 11) is 0. The van der Waals surface area contributed by atoms with Gasteiger partial charge in [0.05, 0.1) is 17.8 Å². The average Bonchev–Trinajstić information content (AvgIpc) is 3.63. The predicted molar refractivity (Wildman–Crippen MR) is 133 cm³/mol. The van der Waals surface area contributed by atoms with E-state index in [0.29, 0.717) is 23.9 Å². The fraction of sp³-hybridized carbons (Fsp3) is 0.593. The third-order valence-corrected chi connectivity index (χ3v) is 8.65. The number of aromatic nitrogens is 2. The molecule has 0 radical (unpaired) electrons. The summed E-state index contributed by atoms with van der Waals surface area (Å²) in [5.74, 6) is -5.13. The van der Waals surface area contributed by atoms with Gasteiger partial charge in [-0.1, -0.05) is 26.8 Å². The summed E-state index contributed by atoms with van der Waals surface area (Å²) in [4.78, 5) is 40.8. The van der Waals surface area contributed by atoms with Crippen molar-refractivity contribution in [3.05, 3.63) is 36.2 Å². The Balaban J connectivity index is 1.47. The Morgan fingerprint density at radius 1 is 1.12 bits per heavy atom. The molecule has 3 aliphatic rings. The first kappa shape index (κ1) is 27.9. The maximum absolute atomic E-state index is 14.9. The quantitative estimate of drug-likeness (QED) is 0.544. The lowest BCUT2D eigenvalue weighted by atomic mass is 9.77. The van der Waals surface area contributed by atoms with Crippen molar-refractivity contribution in [3.63, 3.8) is 0 Å². The van der Waals surface area contributed by atoms with Crippen molar-refractivity contribution in [2.24, 2.45) is 29.1 Å². The number of nitriles is 1. The molecule has 3 amide bonds. The number of carbonyl (C=O) groups excluding carboxylic acids is 3. The van der Waals surface area contributed by atoms with Crippen LogP contribution in [0.3, 0.4) is 0 Å². The molecule has 3 fully saturated rings. The second-order valence-electron chi connectivity index (χ2n) is 12.1. The van der Waals surface area contributed by atoms with E-state index in [0.717, 1.165) is 0 Å². The maximum Gasteiger partial charge on any atom is 0.471 e. The van der Waals surface area contributed by atoms with E-state index in [-0.39, 0.29) is 18.4 Å². The molecule has 9 nitrogen and oxygen atoms in total. The molecule has 13 heteroatoms. The maximum atomic E-state index is 14.9. The Labute approximate surface area is 227 Å². The number of amides is 3. The van der Waals surface area contributed by atoms with E-state index < -0.39 is 65.4 Å². The van der Waals surface area contributed by atoms with Gasteiger partial charge in [-0.3, -0.25) is 14.4 Å². The van der Waals surface area contributed by atoms with E-state index in [1.165, 1.54) is 36.4 Å². The molecule has 8 atom stereocenters. The van der Waals surface area contributed by atoms with Crippen molar-refractivity contribution < 1.29 is 31.9 Å². The van der Waals surface area contributed by atoms with E-state index >= 15 is 0 Å². The van der Waals surface area contributed by atoms with Gasteiger partial charge >= 0.3 is 12.1 Å². The van der Waals surface area contributed by atoms with Crippen molar-refractivity contribution in [1.29, 1.82) is 5.26 Å². The van der Waals surface area contributed by atoms with Crippen LogP contribution in [0.1, 0.15) is 45.2 Å². The fourth-order valence-corrected chi connectivity index (χ4v) is 6.88. The number of fused-ring (bicyclic) bond motifs is 6. The zero-order valence-corrected chi connectivity index (χ0v) is 22.2. The van der Waals surface area contributed by atoms with Crippen LogP contribution in [-0.4, -0.2) is 63.2 Å². The highest BCUT2D eigenvalue weighted by Gasteiger charge is 2.63. The van der Waals surface area contributed by atoms with E-state index in [4.69, 9.17) is 0 Å². The van der Waals surface area contributed by atoms with Gasteiger partial charge in [0.25, 0.3) is 0 Å². The predicted octanol–water partition coefficient (Wildman–Crippen LogP) is 2.93. The van der Waals surface area contributed by atoms with Crippen molar-refractivity contribution in [2.75, 3.05) is 6.54 Å². The number of alkyl halides is 4. The van der Waals surface area contributed by atoms with E-state index in [2.05, 4.69) is 10.4 Å². The van der Waals surface area contributed by atoms with Gasteiger partial charge in [0.2, 0.25) is 11.8 Å². The van der Waals surface area contributed by atoms with Crippen LogP contribution in [0.15, 0.2) is 30.6 Å². The van der Waals surface area contributed by atoms with Crippen molar-refractivity contribution in [3.8, 4) is 6.07 Å². The van der Waals surface area contributed by atoms with Gasteiger partial charge < -0.3 is 15.5 Å². The third-order valence-electron chi connectivity index (χ3n) is 8.65. The summed E-state index contributed by atoms with van der Waals surface area (Å²) in [5.41, 5.74) is -0.131. The highest BCUT2D eigenvalue weighted by atomic mass is 19.4. The summed E-state index contributed by atoms with van der Waals surface area (Å²) >= 11 is 0. The first-order valence-electron chi connectivity index (χ1n) is 13.2. The van der Waals surface area contributed by atoms with Crippen molar-refractivity contribution >= 4 is 23.2 Å². The number of hydrogen-bond donors (Lipinski definition) is 2. The van der Waals surface area contributed by atoms with Gasteiger partial charge in [0.15, 0.2) is 0 Å². The van der Waals surface area contributed by atoms with Gasteiger partial charge in [0, 0.05) is 18.3 Å². The Morgan fingerprint density at radius 2 is 1.85 bits per heavy atom. The second kappa shape index (κ2) is 9.74. The Morgan fingerprint density at radius 3 is 2.50 bits per heavy atom. The Bertz CT molecular complexity index is 1380. The minimum absolute atomic E-state index is 0.0534. The molecule has 40 heavy (non-hydrogen) atoms. The standard InChI is InChI=1S/C27H30F4N6O3/c1-26(2,3)22(35-25(40)27(29,30)31)24(39)36-12-16-13-8-14(17(28)9-13)20(16)21(36)23(38)34-18(10-32)15-11-33-37-7-5-4-6-19(15)37/h4-7,11,13-14,16-18,20-22H,8-9,12H2,1-3H3,(H,34,38)(H,35,40)/t13-,14+,16+,17+,18?,20-,21-,22+/m0/s1. The van der Waals surface area contributed by atoms with Crippen molar-refractivity contribution in [2.45, 2.75) is 64.1 Å². The third kappa shape index (κ3) is 4.67. The lowest BCUT2D eigenvalue weighted by molar-refractivity contribution is -0.176. The van der Waals surface area contributed by atoms with Crippen LogP contribution in [0, 0.1) is 40.4 Å². The van der Waals surface area contributed by atoms with Crippen LogP contribution in [0.2, 0.25) is 0 Å². The SMILES string of the molecule is CC(C)(C)[C@H](NC(=O)C(F)(F)F)C(=O)N1C[C@@H]2[C@H]3C[C@@H]([C@@H]2[C@H]1C(=O)NC(C#N)c1cnn2ccccc12)[C@H](F)C3. The molecule has 2 aromatic rings. The van der Waals surface area contributed by atoms with Gasteiger partial charge in [-0.2, -0.15) is 23.5 Å². The zero-order valence-electron chi connectivity index (χ0n) is 22.2.